The normalized spacial score (nSPS) is 18.2. The average Bonchev–Trinajstić information content (AvgIpc) is 3.61. The maximum Gasteiger partial charge on any atom is 0.231 e. The van der Waals surface area contributed by atoms with Crippen LogP contribution < -0.4 is 10.2 Å². The molecule has 10 heteroatoms. The van der Waals surface area contributed by atoms with Gasteiger partial charge in [0.05, 0.1) is 36.8 Å². The van der Waals surface area contributed by atoms with Crippen LogP contribution in [0.3, 0.4) is 0 Å². The molecular formula is C23H30N6O2S2. The smallest absolute Gasteiger partial charge is 0.231 e. The maximum atomic E-state index is 13.3. The van der Waals surface area contributed by atoms with E-state index in [1.165, 1.54) is 4.88 Å². The molecule has 2 aliphatic rings. The van der Waals surface area contributed by atoms with E-state index in [1.54, 1.807) is 23.1 Å². The third-order valence-corrected chi connectivity index (χ3v) is 8.34. The third-order valence-electron chi connectivity index (χ3n) is 6.53. The number of carbonyl (C=O) groups is 1. The lowest BCUT2D eigenvalue weighted by molar-refractivity contribution is -0.126. The van der Waals surface area contributed by atoms with E-state index < -0.39 is 0 Å². The Balaban J connectivity index is 1.34. The van der Waals surface area contributed by atoms with Gasteiger partial charge in [-0.1, -0.05) is 37.6 Å². The number of hydrogen-bond acceptors (Lipinski definition) is 8. The standard InChI is InChI=1S/C23H30N6O2S2/c1-2-32-22-26-19(28-11-13-31-14-12-28)17-16-25-29(20(17)27-22)10-9-24-21(30)23(7-3-4-8-23)18-6-5-15-33-18/h5-6,15-16H,2-4,7-14H2,1H3,(H,24,30). The molecular weight excluding hydrogens is 456 g/mol. The molecule has 0 spiro atoms. The number of ether oxygens (including phenoxy) is 1. The van der Waals surface area contributed by atoms with Gasteiger partial charge in [-0.05, 0) is 30.0 Å². The Morgan fingerprint density at radius 2 is 2.09 bits per heavy atom. The van der Waals surface area contributed by atoms with Crippen molar-refractivity contribution >= 4 is 45.9 Å². The Morgan fingerprint density at radius 1 is 1.27 bits per heavy atom. The molecule has 1 saturated carbocycles. The Bertz CT molecular complexity index is 1090. The number of fused-ring (bicyclic) bond motifs is 1. The van der Waals surface area contributed by atoms with Gasteiger partial charge in [0.15, 0.2) is 10.8 Å². The van der Waals surface area contributed by atoms with Gasteiger partial charge in [0.2, 0.25) is 5.91 Å². The van der Waals surface area contributed by atoms with Crippen molar-refractivity contribution in [1.82, 2.24) is 25.1 Å². The van der Waals surface area contributed by atoms with Crippen LogP contribution in [0, 0.1) is 0 Å². The van der Waals surface area contributed by atoms with E-state index in [4.69, 9.17) is 14.7 Å². The van der Waals surface area contributed by atoms with Crippen LogP contribution in [0.2, 0.25) is 0 Å². The monoisotopic (exact) mass is 486 g/mol. The number of rotatable bonds is 8. The number of aromatic nitrogens is 4. The Morgan fingerprint density at radius 3 is 2.82 bits per heavy atom. The molecule has 0 atom stereocenters. The van der Waals surface area contributed by atoms with E-state index in [1.807, 2.05) is 16.9 Å². The van der Waals surface area contributed by atoms with E-state index in [9.17, 15) is 4.79 Å². The highest BCUT2D eigenvalue weighted by Gasteiger charge is 2.43. The molecule has 1 saturated heterocycles. The molecule has 0 radical (unpaired) electrons. The van der Waals surface area contributed by atoms with Gasteiger partial charge in [0, 0.05) is 24.5 Å². The molecule has 1 aliphatic carbocycles. The Kier molecular flexibility index (Phi) is 6.84. The zero-order valence-electron chi connectivity index (χ0n) is 19.0. The van der Waals surface area contributed by atoms with Crippen molar-refractivity contribution in [3.05, 3.63) is 28.6 Å². The summed E-state index contributed by atoms with van der Waals surface area (Å²) in [6.07, 6.45) is 5.92. The zero-order valence-corrected chi connectivity index (χ0v) is 20.6. The highest BCUT2D eigenvalue weighted by molar-refractivity contribution is 7.99. The fourth-order valence-electron chi connectivity index (χ4n) is 4.85. The summed E-state index contributed by atoms with van der Waals surface area (Å²) in [5.41, 5.74) is 0.460. The van der Waals surface area contributed by atoms with Crippen molar-refractivity contribution in [1.29, 1.82) is 0 Å². The second-order valence-electron chi connectivity index (χ2n) is 8.49. The zero-order chi connectivity index (χ0) is 22.7. The summed E-state index contributed by atoms with van der Waals surface area (Å²) in [6, 6.07) is 4.15. The van der Waals surface area contributed by atoms with E-state index in [2.05, 4.69) is 33.7 Å². The van der Waals surface area contributed by atoms with Crippen molar-refractivity contribution in [3.63, 3.8) is 0 Å². The van der Waals surface area contributed by atoms with Gasteiger partial charge in [-0.15, -0.1) is 11.3 Å². The SMILES string of the molecule is CCSc1nc(N2CCOCC2)c2cnn(CCNC(=O)C3(c4cccs4)CCCC3)c2n1. The summed E-state index contributed by atoms with van der Waals surface area (Å²) >= 11 is 3.32. The van der Waals surface area contributed by atoms with Crippen LogP contribution in [0.25, 0.3) is 11.0 Å². The lowest BCUT2D eigenvalue weighted by Gasteiger charge is -2.28. The van der Waals surface area contributed by atoms with Crippen LogP contribution >= 0.6 is 23.1 Å². The summed E-state index contributed by atoms with van der Waals surface area (Å²) in [5, 5.41) is 11.6. The van der Waals surface area contributed by atoms with E-state index in [-0.39, 0.29) is 11.3 Å². The van der Waals surface area contributed by atoms with Crippen LogP contribution in [0.1, 0.15) is 37.5 Å². The highest BCUT2D eigenvalue weighted by atomic mass is 32.2. The lowest BCUT2D eigenvalue weighted by atomic mass is 9.83. The van der Waals surface area contributed by atoms with Gasteiger partial charge in [0.25, 0.3) is 0 Å². The molecule has 5 rings (SSSR count). The first kappa shape index (κ1) is 22.6. The molecule has 3 aromatic heterocycles. The average molecular weight is 487 g/mol. The number of nitrogens with one attached hydrogen (secondary N) is 1. The van der Waals surface area contributed by atoms with Crippen LogP contribution in [-0.4, -0.2) is 64.3 Å². The second-order valence-corrected chi connectivity index (χ2v) is 10.7. The highest BCUT2D eigenvalue weighted by Crippen LogP contribution is 2.43. The summed E-state index contributed by atoms with van der Waals surface area (Å²) in [7, 11) is 0. The molecule has 1 N–H and O–H groups in total. The molecule has 0 bridgehead atoms. The number of carbonyl (C=O) groups excluding carboxylic acids is 1. The molecule has 2 fully saturated rings. The first-order chi connectivity index (χ1) is 16.2. The first-order valence-electron chi connectivity index (χ1n) is 11.7. The summed E-state index contributed by atoms with van der Waals surface area (Å²) in [6.45, 7) is 6.23. The predicted octanol–water partition coefficient (Wildman–Crippen LogP) is 3.46. The Hall–Kier alpha value is -2.17. The molecule has 4 heterocycles. The third kappa shape index (κ3) is 4.48. The van der Waals surface area contributed by atoms with Gasteiger partial charge in [-0.3, -0.25) is 4.79 Å². The van der Waals surface area contributed by atoms with Gasteiger partial charge >= 0.3 is 0 Å². The lowest BCUT2D eigenvalue weighted by Crippen LogP contribution is -2.43. The van der Waals surface area contributed by atoms with Crippen molar-refractivity contribution < 1.29 is 9.53 Å². The minimum Gasteiger partial charge on any atom is -0.378 e. The molecule has 1 aliphatic heterocycles. The van der Waals surface area contributed by atoms with Crippen molar-refractivity contribution in [2.24, 2.45) is 0 Å². The largest absolute Gasteiger partial charge is 0.378 e. The van der Waals surface area contributed by atoms with Crippen LogP contribution in [0.15, 0.2) is 28.9 Å². The second kappa shape index (κ2) is 9.99. The summed E-state index contributed by atoms with van der Waals surface area (Å²) < 4.78 is 7.41. The van der Waals surface area contributed by atoms with E-state index in [0.29, 0.717) is 26.3 Å². The summed E-state index contributed by atoms with van der Waals surface area (Å²) in [4.78, 5) is 26.3. The molecule has 0 unspecified atom stereocenters. The Labute approximate surface area is 202 Å². The number of morpholine rings is 1. The number of nitrogens with zero attached hydrogens (tertiary/aromatic N) is 5. The number of anilines is 1. The fourth-order valence-corrected chi connectivity index (χ4v) is 6.40. The van der Waals surface area contributed by atoms with Crippen molar-refractivity contribution in [3.8, 4) is 0 Å². The van der Waals surface area contributed by atoms with Gasteiger partial charge < -0.3 is 15.0 Å². The van der Waals surface area contributed by atoms with Crippen molar-refractivity contribution in [2.75, 3.05) is 43.5 Å². The molecule has 3 aromatic rings. The summed E-state index contributed by atoms with van der Waals surface area (Å²) in [5.74, 6) is 1.98. The molecule has 176 valence electrons. The molecule has 0 aromatic carbocycles. The van der Waals surface area contributed by atoms with Crippen LogP contribution in [-0.2, 0) is 21.5 Å². The van der Waals surface area contributed by atoms with E-state index in [0.717, 1.165) is 66.5 Å². The topological polar surface area (TPSA) is 85.2 Å². The van der Waals surface area contributed by atoms with E-state index >= 15 is 0 Å². The fraction of sp³-hybridized carbons (Fsp3) is 0.565. The number of thiophene rings is 1. The number of hydrogen-bond donors (Lipinski definition) is 1. The minimum atomic E-state index is -0.364. The van der Waals surface area contributed by atoms with Gasteiger partial charge in [-0.25, -0.2) is 14.6 Å². The number of amides is 1. The van der Waals surface area contributed by atoms with Crippen molar-refractivity contribution in [2.45, 2.75) is 49.7 Å². The van der Waals surface area contributed by atoms with Crippen LogP contribution in [0.5, 0.6) is 0 Å². The molecule has 33 heavy (non-hydrogen) atoms. The predicted molar refractivity (Wildman–Crippen MR) is 132 cm³/mol. The van der Waals surface area contributed by atoms with Gasteiger partial charge in [0.1, 0.15) is 5.82 Å². The van der Waals surface area contributed by atoms with Gasteiger partial charge in [-0.2, -0.15) is 5.10 Å². The first-order valence-corrected chi connectivity index (χ1v) is 13.6. The number of thioether (sulfide) groups is 1. The molecule has 8 nitrogen and oxygen atoms in total. The van der Waals surface area contributed by atoms with Crippen LogP contribution in [0.4, 0.5) is 5.82 Å². The molecule has 1 amide bonds. The maximum absolute atomic E-state index is 13.3. The minimum absolute atomic E-state index is 0.143. The quantitative estimate of drug-likeness (QED) is 0.385.